The number of nitrogens with zero attached hydrogens (tertiary/aromatic N) is 1. The molecule has 2 unspecified atom stereocenters. The number of nitrogens with one attached hydrogen (secondary N) is 1. The van der Waals surface area contributed by atoms with Gasteiger partial charge in [0, 0.05) is 25.7 Å². The maximum Gasteiger partial charge on any atom is 0.0897 e. The van der Waals surface area contributed by atoms with Crippen LogP contribution in [0.4, 0.5) is 0 Å². The number of aliphatic hydroxyl groups excluding tert-OH is 1. The van der Waals surface area contributed by atoms with Crippen LogP contribution in [0.5, 0.6) is 0 Å². The van der Waals surface area contributed by atoms with Crippen LogP contribution >= 0.6 is 0 Å². The molecule has 2 N–H and O–H groups in total. The number of hydrogen-bond acceptors (Lipinski definition) is 5. The summed E-state index contributed by atoms with van der Waals surface area (Å²) in [4.78, 5) is 2.32. The monoisotopic (exact) mass is 290 g/mol. The molecule has 2 atom stereocenters. The van der Waals surface area contributed by atoms with Crippen molar-refractivity contribution < 1.29 is 14.6 Å². The maximum atomic E-state index is 9.74. The molecule has 0 aliphatic heterocycles. The van der Waals surface area contributed by atoms with E-state index in [2.05, 4.69) is 31.1 Å². The Morgan fingerprint density at radius 3 is 2.50 bits per heavy atom. The molecule has 20 heavy (non-hydrogen) atoms. The van der Waals surface area contributed by atoms with E-state index in [0.717, 1.165) is 19.5 Å². The van der Waals surface area contributed by atoms with Gasteiger partial charge in [-0.15, -0.1) is 0 Å². The van der Waals surface area contributed by atoms with Gasteiger partial charge in [0.2, 0.25) is 0 Å². The lowest BCUT2D eigenvalue weighted by Crippen LogP contribution is -2.38. The topological polar surface area (TPSA) is 54.0 Å². The second-order valence-electron chi connectivity index (χ2n) is 5.59. The predicted molar refractivity (Wildman–Crippen MR) is 83.2 cm³/mol. The van der Waals surface area contributed by atoms with Crippen LogP contribution in [0, 0.1) is 0 Å². The molecule has 0 aliphatic carbocycles. The lowest BCUT2D eigenvalue weighted by Gasteiger charge is -2.23. The Bertz CT molecular complexity index is 215. The largest absolute Gasteiger partial charge is 0.389 e. The van der Waals surface area contributed by atoms with Crippen molar-refractivity contribution in [2.45, 2.75) is 52.4 Å². The van der Waals surface area contributed by atoms with E-state index >= 15 is 0 Å². The Hall–Kier alpha value is -0.200. The minimum absolute atomic E-state index is 0.229. The summed E-state index contributed by atoms with van der Waals surface area (Å²) in [5, 5.41) is 13.0. The third kappa shape index (κ3) is 11.6. The SMILES string of the molecule is CCC(C)N(C)CCNCC(O)COCCOC(C)C. The number of hydrogen-bond donors (Lipinski definition) is 2. The van der Waals surface area contributed by atoms with E-state index < -0.39 is 6.10 Å². The van der Waals surface area contributed by atoms with E-state index in [1.807, 2.05) is 13.8 Å². The van der Waals surface area contributed by atoms with Crippen LogP contribution in [-0.4, -0.2) is 74.8 Å². The Balaban J connectivity index is 3.38. The van der Waals surface area contributed by atoms with Crippen molar-refractivity contribution in [3.8, 4) is 0 Å². The predicted octanol–water partition coefficient (Wildman–Crippen LogP) is 1.11. The molecule has 0 saturated carbocycles. The van der Waals surface area contributed by atoms with Crippen molar-refractivity contribution in [3.05, 3.63) is 0 Å². The van der Waals surface area contributed by atoms with Crippen LogP contribution in [0.1, 0.15) is 34.1 Å². The molecule has 0 aliphatic rings. The molecule has 0 saturated heterocycles. The van der Waals surface area contributed by atoms with Crippen LogP contribution in [-0.2, 0) is 9.47 Å². The summed E-state index contributed by atoms with van der Waals surface area (Å²) < 4.78 is 10.7. The summed E-state index contributed by atoms with van der Waals surface area (Å²) in [7, 11) is 2.13. The quantitative estimate of drug-likeness (QED) is 0.498. The van der Waals surface area contributed by atoms with Gasteiger partial charge in [0.05, 0.1) is 32.0 Å². The molecule has 0 rings (SSSR count). The number of aliphatic hydroxyl groups is 1. The highest BCUT2D eigenvalue weighted by molar-refractivity contribution is 4.64. The lowest BCUT2D eigenvalue weighted by atomic mass is 10.2. The summed E-state index contributed by atoms with van der Waals surface area (Å²) >= 11 is 0. The highest BCUT2D eigenvalue weighted by atomic mass is 16.5. The first-order valence-corrected chi connectivity index (χ1v) is 7.75. The average molecular weight is 290 g/mol. The van der Waals surface area contributed by atoms with Crippen molar-refractivity contribution in [2.75, 3.05) is 46.5 Å². The first-order valence-electron chi connectivity index (χ1n) is 7.75. The van der Waals surface area contributed by atoms with Gasteiger partial charge in [-0.25, -0.2) is 0 Å². The fourth-order valence-corrected chi connectivity index (χ4v) is 1.68. The summed E-state index contributed by atoms with van der Waals surface area (Å²) in [5.41, 5.74) is 0. The van der Waals surface area contributed by atoms with E-state index in [1.54, 1.807) is 0 Å². The standard InChI is InChI=1S/C15H34N2O3/c1-6-14(4)17(5)8-7-16-11-15(18)12-19-9-10-20-13(2)3/h13-16,18H,6-12H2,1-5H3. The molecule has 0 radical (unpaired) electrons. The van der Waals surface area contributed by atoms with Crippen LogP contribution in [0.3, 0.4) is 0 Å². The minimum atomic E-state index is -0.456. The lowest BCUT2D eigenvalue weighted by molar-refractivity contribution is -0.0100. The molecule has 0 spiro atoms. The van der Waals surface area contributed by atoms with Crippen LogP contribution in [0.2, 0.25) is 0 Å². The van der Waals surface area contributed by atoms with Gasteiger partial charge in [-0.2, -0.15) is 0 Å². The molecular weight excluding hydrogens is 256 g/mol. The van der Waals surface area contributed by atoms with Gasteiger partial charge in [0.1, 0.15) is 0 Å². The van der Waals surface area contributed by atoms with Crippen molar-refractivity contribution in [2.24, 2.45) is 0 Å². The van der Waals surface area contributed by atoms with E-state index in [0.29, 0.717) is 32.4 Å². The van der Waals surface area contributed by atoms with E-state index in [9.17, 15) is 5.11 Å². The normalized spacial score (nSPS) is 15.0. The molecule has 0 amide bonds. The van der Waals surface area contributed by atoms with Crippen molar-refractivity contribution in [1.29, 1.82) is 0 Å². The number of likely N-dealkylation sites (N-methyl/N-ethyl adjacent to an activating group) is 1. The molecule has 0 aromatic rings. The molecule has 0 fully saturated rings. The highest BCUT2D eigenvalue weighted by Gasteiger charge is 2.07. The van der Waals surface area contributed by atoms with E-state index in [-0.39, 0.29) is 6.10 Å². The van der Waals surface area contributed by atoms with E-state index in [1.165, 1.54) is 0 Å². The molecule has 122 valence electrons. The third-order valence-corrected chi connectivity index (χ3v) is 3.35. The fourth-order valence-electron chi connectivity index (χ4n) is 1.68. The van der Waals surface area contributed by atoms with Gasteiger partial charge in [0.15, 0.2) is 0 Å². The third-order valence-electron chi connectivity index (χ3n) is 3.35. The molecule has 0 aromatic carbocycles. The van der Waals surface area contributed by atoms with Crippen molar-refractivity contribution in [1.82, 2.24) is 10.2 Å². The van der Waals surface area contributed by atoms with Crippen LogP contribution < -0.4 is 5.32 Å². The highest BCUT2D eigenvalue weighted by Crippen LogP contribution is 1.98. The summed E-state index contributed by atoms with van der Waals surface area (Å²) in [6, 6.07) is 0.603. The fraction of sp³-hybridized carbons (Fsp3) is 1.00. The summed E-state index contributed by atoms with van der Waals surface area (Å²) in [6.45, 7) is 12.3. The van der Waals surface area contributed by atoms with Crippen LogP contribution in [0.25, 0.3) is 0 Å². The first kappa shape index (κ1) is 19.8. The van der Waals surface area contributed by atoms with Gasteiger partial charge in [-0.05, 0) is 34.2 Å². The second-order valence-corrected chi connectivity index (χ2v) is 5.59. The average Bonchev–Trinajstić information content (AvgIpc) is 2.41. The second kappa shape index (κ2) is 12.5. The van der Waals surface area contributed by atoms with Gasteiger partial charge < -0.3 is 24.8 Å². The zero-order valence-electron chi connectivity index (χ0n) is 13.9. The Morgan fingerprint density at radius 2 is 1.90 bits per heavy atom. The smallest absolute Gasteiger partial charge is 0.0897 e. The first-order chi connectivity index (χ1) is 9.47. The van der Waals surface area contributed by atoms with Gasteiger partial charge in [0.25, 0.3) is 0 Å². The van der Waals surface area contributed by atoms with Crippen molar-refractivity contribution >= 4 is 0 Å². The van der Waals surface area contributed by atoms with Gasteiger partial charge in [-0.1, -0.05) is 6.92 Å². The zero-order chi connectivity index (χ0) is 15.4. The molecule has 0 aromatic heterocycles. The molecule has 0 bridgehead atoms. The molecular formula is C15H34N2O3. The van der Waals surface area contributed by atoms with Gasteiger partial charge in [-0.3, -0.25) is 0 Å². The van der Waals surface area contributed by atoms with E-state index in [4.69, 9.17) is 9.47 Å². The summed E-state index contributed by atoms with van der Waals surface area (Å²) in [5.74, 6) is 0. The van der Waals surface area contributed by atoms with Gasteiger partial charge >= 0.3 is 0 Å². The number of ether oxygens (including phenoxy) is 2. The Kier molecular flexibility index (Phi) is 12.4. The molecule has 5 nitrogen and oxygen atoms in total. The molecule has 5 heteroatoms. The van der Waals surface area contributed by atoms with Crippen LogP contribution in [0.15, 0.2) is 0 Å². The zero-order valence-corrected chi connectivity index (χ0v) is 13.9. The Morgan fingerprint density at radius 1 is 1.20 bits per heavy atom. The van der Waals surface area contributed by atoms with Crippen molar-refractivity contribution in [3.63, 3.8) is 0 Å². The maximum absolute atomic E-state index is 9.74. The Labute approximate surface area is 124 Å². The number of rotatable bonds is 13. The minimum Gasteiger partial charge on any atom is -0.389 e. The summed E-state index contributed by atoms with van der Waals surface area (Å²) in [6.07, 6.45) is 0.932. The molecule has 0 heterocycles.